The minimum Gasteiger partial charge on any atom is -0.465 e. The maximum atomic E-state index is 13.5. The highest BCUT2D eigenvalue weighted by molar-refractivity contribution is 6.31. The van der Waals surface area contributed by atoms with E-state index in [1.165, 1.54) is 20.0 Å². The normalized spacial score (nSPS) is 13.6. The van der Waals surface area contributed by atoms with Crippen LogP contribution in [0.1, 0.15) is 28.8 Å². The van der Waals surface area contributed by atoms with Gasteiger partial charge in [0, 0.05) is 17.8 Å². The van der Waals surface area contributed by atoms with Gasteiger partial charge < -0.3 is 4.74 Å². The molecule has 0 bridgehead atoms. The van der Waals surface area contributed by atoms with E-state index in [9.17, 15) is 9.59 Å². The molecule has 7 nitrogen and oxygen atoms in total. The lowest BCUT2D eigenvalue weighted by atomic mass is 10.1. The van der Waals surface area contributed by atoms with E-state index in [0.717, 1.165) is 17.6 Å². The number of fused-ring (bicyclic) bond motifs is 1. The molecule has 1 fully saturated rings. The molecule has 0 saturated heterocycles. The zero-order chi connectivity index (χ0) is 21.5. The van der Waals surface area contributed by atoms with Gasteiger partial charge in [-0.25, -0.2) is 9.59 Å². The van der Waals surface area contributed by atoms with Gasteiger partial charge in [-0.1, -0.05) is 23.7 Å². The monoisotopic (exact) mass is 436 g/mol. The van der Waals surface area contributed by atoms with Crippen LogP contribution in [0.3, 0.4) is 0 Å². The molecule has 2 heterocycles. The van der Waals surface area contributed by atoms with Gasteiger partial charge in [0.05, 0.1) is 42.1 Å². The molecule has 1 aliphatic carbocycles. The van der Waals surface area contributed by atoms with Crippen LogP contribution in [0.4, 0.5) is 0 Å². The number of nitrogens with zero attached hydrogens (tertiary/aromatic N) is 4. The molecular formula is C23H21ClN4O3. The topological polar surface area (TPSA) is 71.1 Å². The van der Waals surface area contributed by atoms with E-state index in [0.29, 0.717) is 34.3 Å². The lowest BCUT2D eigenvalue weighted by Gasteiger charge is -2.06. The van der Waals surface area contributed by atoms with Crippen molar-refractivity contribution < 1.29 is 9.53 Å². The molecule has 0 amide bonds. The highest BCUT2D eigenvalue weighted by atomic mass is 35.5. The summed E-state index contributed by atoms with van der Waals surface area (Å²) in [7, 11) is 1.35. The fourth-order valence-electron chi connectivity index (χ4n) is 3.86. The van der Waals surface area contributed by atoms with Crippen molar-refractivity contribution in [1.82, 2.24) is 18.9 Å². The molecule has 2 aromatic carbocycles. The third kappa shape index (κ3) is 3.77. The number of carbonyl (C=O) groups excluding carboxylic acids is 1. The van der Waals surface area contributed by atoms with Crippen molar-refractivity contribution in [2.24, 2.45) is 5.92 Å². The number of esters is 1. The summed E-state index contributed by atoms with van der Waals surface area (Å²) in [5, 5.41) is 4.99. The van der Waals surface area contributed by atoms with Gasteiger partial charge in [-0.05, 0) is 54.7 Å². The molecule has 0 aliphatic heterocycles. The predicted octanol–water partition coefficient (Wildman–Crippen LogP) is 3.89. The van der Waals surface area contributed by atoms with Crippen LogP contribution in [0.15, 0.2) is 59.7 Å². The Bertz CT molecular complexity index is 1350. The summed E-state index contributed by atoms with van der Waals surface area (Å²) >= 11 is 6.26. The summed E-state index contributed by atoms with van der Waals surface area (Å²) in [6.45, 7) is 1.18. The van der Waals surface area contributed by atoms with Gasteiger partial charge in [-0.3, -0.25) is 13.8 Å². The number of aromatic nitrogens is 4. The molecule has 1 saturated carbocycles. The molecule has 5 rings (SSSR count). The van der Waals surface area contributed by atoms with Crippen LogP contribution in [-0.4, -0.2) is 32.0 Å². The molecule has 0 unspecified atom stereocenters. The second-order valence-electron chi connectivity index (χ2n) is 7.89. The highest BCUT2D eigenvalue weighted by Crippen LogP contribution is 2.30. The second kappa shape index (κ2) is 7.74. The minimum absolute atomic E-state index is 0.188. The lowest BCUT2D eigenvalue weighted by Crippen LogP contribution is -2.23. The van der Waals surface area contributed by atoms with Crippen molar-refractivity contribution in [3.8, 4) is 5.69 Å². The number of carbonyl (C=O) groups is 1. The van der Waals surface area contributed by atoms with Crippen LogP contribution < -0.4 is 5.69 Å². The van der Waals surface area contributed by atoms with Gasteiger partial charge >= 0.3 is 11.7 Å². The summed E-state index contributed by atoms with van der Waals surface area (Å²) in [6, 6.07) is 12.5. The molecule has 0 radical (unpaired) electrons. The fraction of sp³-hybridized carbons (Fsp3) is 0.261. The smallest absolute Gasteiger partial charge is 0.337 e. The van der Waals surface area contributed by atoms with E-state index in [1.54, 1.807) is 45.7 Å². The van der Waals surface area contributed by atoms with E-state index in [-0.39, 0.29) is 5.69 Å². The first-order valence-electron chi connectivity index (χ1n) is 10.1. The Morgan fingerprint density at radius 3 is 2.81 bits per heavy atom. The van der Waals surface area contributed by atoms with Gasteiger partial charge in [-0.2, -0.15) is 5.10 Å². The molecule has 0 N–H and O–H groups in total. The SMILES string of the molecule is COC(=O)c1cccc(Cn2c(=O)n(-c3cnn(CC4CC4)c3)c3cc(Cl)ccc32)c1. The molecule has 0 atom stereocenters. The number of halogens is 1. The summed E-state index contributed by atoms with van der Waals surface area (Å²) in [5.41, 5.74) is 3.26. The van der Waals surface area contributed by atoms with Crippen LogP contribution in [0.25, 0.3) is 16.7 Å². The lowest BCUT2D eigenvalue weighted by molar-refractivity contribution is 0.0600. The molecule has 2 aromatic heterocycles. The molecule has 4 aromatic rings. The van der Waals surface area contributed by atoms with E-state index < -0.39 is 5.97 Å². The number of rotatable bonds is 6. The van der Waals surface area contributed by atoms with Crippen molar-refractivity contribution in [3.63, 3.8) is 0 Å². The van der Waals surface area contributed by atoms with E-state index in [2.05, 4.69) is 5.10 Å². The standard InChI is InChI=1S/C23H21ClN4O3/c1-31-22(29)17-4-2-3-16(9-17)13-27-20-8-7-18(24)10-21(20)28(23(27)30)19-11-25-26(14-19)12-15-5-6-15/h2-4,7-11,14-15H,5-6,12-13H2,1H3. The molecular weight excluding hydrogens is 416 g/mol. The Kier molecular flexibility index (Phi) is 4.90. The number of hydrogen-bond acceptors (Lipinski definition) is 4. The minimum atomic E-state index is -0.411. The average molecular weight is 437 g/mol. The van der Waals surface area contributed by atoms with Crippen LogP contribution in [0.2, 0.25) is 5.02 Å². The first-order valence-corrected chi connectivity index (χ1v) is 10.5. The Labute approximate surface area is 183 Å². The van der Waals surface area contributed by atoms with E-state index in [4.69, 9.17) is 16.3 Å². The molecule has 1 aliphatic rings. The van der Waals surface area contributed by atoms with Crippen LogP contribution in [-0.2, 0) is 17.8 Å². The molecule has 158 valence electrons. The Morgan fingerprint density at radius 2 is 2.03 bits per heavy atom. The first kappa shape index (κ1) is 19.6. The summed E-state index contributed by atoms with van der Waals surface area (Å²) < 4.78 is 10.0. The first-order chi connectivity index (χ1) is 15.0. The van der Waals surface area contributed by atoms with E-state index >= 15 is 0 Å². The van der Waals surface area contributed by atoms with Crippen LogP contribution in [0.5, 0.6) is 0 Å². The van der Waals surface area contributed by atoms with Gasteiger partial charge in [0.15, 0.2) is 0 Å². The second-order valence-corrected chi connectivity index (χ2v) is 8.33. The van der Waals surface area contributed by atoms with Crippen molar-refractivity contribution in [2.75, 3.05) is 7.11 Å². The largest absolute Gasteiger partial charge is 0.465 e. The maximum Gasteiger partial charge on any atom is 0.337 e. The Balaban J connectivity index is 1.59. The quantitative estimate of drug-likeness (QED) is 0.430. The van der Waals surface area contributed by atoms with Crippen molar-refractivity contribution in [3.05, 3.63) is 81.5 Å². The summed E-state index contributed by atoms with van der Waals surface area (Å²) in [4.78, 5) is 25.4. The highest BCUT2D eigenvalue weighted by Gasteiger charge is 2.23. The molecule has 8 heteroatoms. The number of imidazole rings is 1. The predicted molar refractivity (Wildman–Crippen MR) is 118 cm³/mol. The molecule has 31 heavy (non-hydrogen) atoms. The number of ether oxygens (including phenoxy) is 1. The Morgan fingerprint density at radius 1 is 1.19 bits per heavy atom. The maximum absolute atomic E-state index is 13.5. The van der Waals surface area contributed by atoms with Gasteiger partial charge in [0.2, 0.25) is 0 Å². The average Bonchev–Trinajstić information content (AvgIpc) is 3.41. The van der Waals surface area contributed by atoms with Gasteiger partial charge in [-0.15, -0.1) is 0 Å². The number of benzene rings is 2. The third-order valence-electron chi connectivity index (χ3n) is 5.60. The van der Waals surface area contributed by atoms with Crippen LogP contribution >= 0.6 is 11.6 Å². The zero-order valence-corrected chi connectivity index (χ0v) is 17.7. The number of methoxy groups -OCH3 is 1. The zero-order valence-electron chi connectivity index (χ0n) is 17.0. The fourth-order valence-corrected chi connectivity index (χ4v) is 4.03. The van der Waals surface area contributed by atoms with Crippen LogP contribution in [0, 0.1) is 5.92 Å². The van der Waals surface area contributed by atoms with E-state index in [1.807, 2.05) is 23.0 Å². The third-order valence-corrected chi connectivity index (χ3v) is 5.84. The van der Waals surface area contributed by atoms with Crippen molar-refractivity contribution in [2.45, 2.75) is 25.9 Å². The van der Waals surface area contributed by atoms with Crippen molar-refractivity contribution >= 4 is 28.6 Å². The molecule has 0 spiro atoms. The van der Waals surface area contributed by atoms with Gasteiger partial charge in [0.1, 0.15) is 0 Å². The van der Waals surface area contributed by atoms with Gasteiger partial charge in [0.25, 0.3) is 0 Å². The summed E-state index contributed by atoms with van der Waals surface area (Å²) in [6.07, 6.45) is 6.08. The van der Waals surface area contributed by atoms with Crippen molar-refractivity contribution in [1.29, 1.82) is 0 Å². The number of hydrogen-bond donors (Lipinski definition) is 0. The Hall–Kier alpha value is -3.32. The summed E-state index contributed by atoms with van der Waals surface area (Å²) in [5.74, 6) is 0.272.